The number of amides is 1. The van der Waals surface area contributed by atoms with Gasteiger partial charge in [-0.1, -0.05) is 11.6 Å². The molecule has 0 aliphatic rings. The molecule has 8 heteroatoms. The first kappa shape index (κ1) is 12.3. The zero-order valence-electron chi connectivity index (χ0n) is 8.55. The fourth-order valence-corrected chi connectivity index (χ4v) is 1.07. The molecular formula is C8H11ClN4O3. The van der Waals surface area contributed by atoms with E-state index in [1.54, 1.807) is 0 Å². The number of anilines is 1. The molecule has 7 nitrogen and oxygen atoms in total. The summed E-state index contributed by atoms with van der Waals surface area (Å²) in [6.45, 7) is 0.320. The molecule has 0 saturated carbocycles. The largest absolute Gasteiger partial charge is 0.485 e. The van der Waals surface area contributed by atoms with Crippen molar-refractivity contribution in [1.82, 2.24) is 14.9 Å². The number of rotatable bonds is 4. The van der Waals surface area contributed by atoms with E-state index in [-0.39, 0.29) is 29.9 Å². The molecule has 1 amide bonds. The van der Waals surface area contributed by atoms with Crippen LogP contribution in [0.4, 0.5) is 10.6 Å². The normalized spacial score (nSPS) is 9.88. The molecule has 0 spiro atoms. The average Bonchev–Trinajstić information content (AvgIpc) is 2.22. The lowest BCUT2D eigenvalue weighted by atomic mass is 10.5. The Labute approximate surface area is 96.8 Å². The van der Waals surface area contributed by atoms with Crippen LogP contribution in [0.3, 0.4) is 0 Å². The number of hydrogen-bond acceptors (Lipinski definition) is 5. The molecule has 0 radical (unpaired) electrons. The number of ether oxygens (including phenoxy) is 1. The number of aromatic nitrogens is 2. The molecule has 0 aliphatic heterocycles. The first-order valence-corrected chi connectivity index (χ1v) is 4.73. The Bertz CT molecular complexity index is 367. The SMILES string of the molecule is CN(CCOc1c(N)ncnc1Cl)C(=O)O. The van der Waals surface area contributed by atoms with Crippen LogP contribution in [0.5, 0.6) is 5.75 Å². The van der Waals surface area contributed by atoms with Gasteiger partial charge in [-0.2, -0.15) is 0 Å². The number of likely N-dealkylation sites (N-methyl/N-ethyl adjacent to an activating group) is 1. The molecule has 0 bridgehead atoms. The Morgan fingerprint density at radius 3 is 2.94 bits per heavy atom. The van der Waals surface area contributed by atoms with Crippen molar-refractivity contribution < 1.29 is 14.6 Å². The molecule has 0 saturated heterocycles. The van der Waals surface area contributed by atoms with Crippen LogP contribution >= 0.6 is 11.6 Å². The van der Waals surface area contributed by atoms with Crippen molar-refractivity contribution in [3.05, 3.63) is 11.5 Å². The Hall–Kier alpha value is -1.76. The van der Waals surface area contributed by atoms with Gasteiger partial charge in [0.15, 0.2) is 16.7 Å². The monoisotopic (exact) mass is 246 g/mol. The van der Waals surface area contributed by atoms with E-state index in [0.717, 1.165) is 4.90 Å². The molecule has 0 fully saturated rings. The maximum absolute atomic E-state index is 10.5. The van der Waals surface area contributed by atoms with Crippen molar-refractivity contribution in [2.45, 2.75) is 0 Å². The zero-order chi connectivity index (χ0) is 12.1. The molecule has 88 valence electrons. The van der Waals surface area contributed by atoms with Crippen LogP contribution in [-0.4, -0.2) is 46.3 Å². The molecule has 1 aromatic rings. The summed E-state index contributed by atoms with van der Waals surface area (Å²) in [5, 5.41) is 8.69. The van der Waals surface area contributed by atoms with Crippen molar-refractivity contribution >= 4 is 23.5 Å². The van der Waals surface area contributed by atoms with E-state index in [9.17, 15) is 4.79 Å². The summed E-state index contributed by atoms with van der Waals surface area (Å²) in [6.07, 6.45) is 0.181. The van der Waals surface area contributed by atoms with Crippen LogP contribution in [0.1, 0.15) is 0 Å². The van der Waals surface area contributed by atoms with Crippen molar-refractivity contribution in [3.8, 4) is 5.75 Å². The molecule has 0 unspecified atom stereocenters. The number of nitrogen functional groups attached to an aromatic ring is 1. The highest BCUT2D eigenvalue weighted by atomic mass is 35.5. The lowest BCUT2D eigenvalue weighted by Gasteiger charge is -2.14. The molecule has 0 aromatic carbocycles. The number of carboxylic acid groups (broad SMARTS) is 1. The van der Waals surface area contributed by atoms with Gasteiger partial charge in [-0.3, -0.25) is 0 Å². The van der Waals surface area contributed by atoms with Crippen LogP contribution in [0, 0.1) is 0 Å². The van der Waals surface area contributed by atoms with E-state index in [0.29, 0.717) is 0 Å². The highest BCUT2D eigenvalue weighted by Gasteiger charge is 2.10. The lowest BCUT2D eigenvalue weighted by Crippen LogP contribution is -2.29. The standard InChI is InChI=1S/C8H11ClN4O3/c1-13(8(14)15)2-3-16-5-6(9)11-4-12-7(5)10/h4H,2-3H2,1H3,(H,14,15)(H2,10,11,12). The maximum atomic E-state index is 10.5. The Balaban J connectivity index is 2.52. The predicted molar refractivity (Wildman–Crippen MR) is 57.6 cm³/mol. The second-order valence-corrected chi connectivity index (χ2v) is 3.29. The first-order valence-electron chi connectivity index (χ1n) is 4.35. The number of nitrogens with zero attached hydrogens (tertiary/aromatic N) is 3. The quantitative estimate of drug-likeness (QED) is 0.759. The van der Waals surface area contributed by atoms with Crippen LogP contribution in [0.25, 0.3) is 0 Å². The van der Waals surface area contributed by atoms with Gasteiger partial charge in [-0.15, -0.1) is 0 Å². The van der Waals surface area contributed by atoms with Gasteiger partial charge >= 0.3 is 6.09 Å². The van der Waals surface area contributed by atoms with E-state index in [1.807, 2.05) is 0 Å². The topological polar surface area (TPSA) is 102 Å². The van der Waals surface area contributed by atoms with Gasteiger partial charge in [0.05, 0.1) is 6.54 Å². The predicted octanol–water partition coefficient (Wildman–Crippen LogP) is 0.701. The van der Waals surface area contributed by atoms with Crippen LogP contribution in [0.15, 0.2) is 6.33 Å². The minimum atomic E-state index is -1.04. The van der Waals surface area contributed by atoms with Crippen LogP contribution < -0.4 is 10.5 Å². The minimum Gasteiger partial charge on any atom is -0.485 e. The summed E-state index contributed by atoms with van der Waals surface area (Å²) >= 11 is 5.72. The third kappa shape index (κ3) is 3.13. The van der Waals surface area contributed by atoms with Crippen LogP contribution in [0.2, 0.25) is 5.15 Å². The van der Waals surface area contributed by atoms with Gasteiger partial charge < -0.3 is 20.5 Å². The molecule has 1 rings (SSSR count). The van der Waals surface area contributed by atoms with Crippen molar-refractivity contribution in [2.75, 3.05) is 25.9 Å². The number of carbonyl (C=O) groups is 1. The third-order valence-corrected chi connectivity index (χ3v) is 2.06. The highest BCUT2D eigenvalue weighted by Crippen LogP contribution is 2.26. The molecular weight excluding hydrogens is 236 g/mol. The zero-order valence-corrected chi connectivity index (χ0v) is 9.31. The van der Waals surface area contributed by atoms with Gasteiger partial charge in [0.2, 0.25) is 0 Å². The summed E-state index contributed by atoms with van der Waals surface area (Å²) < 4.78 is 5.20. The van der Waals surface area contributed by atoms with Crippen molar-refractivity contribution in [1.29, 1.82) is 0 Å². The number of nitrogens with two attached hydrogens (primary N) is 1. The summed E-state index contributed by atoms with van der Waals surface area (Å²) in [4.78, 5) is 18.9. The van der Waals surface area contributed by atoms with Crippen molar-refractivity contribution in [3.63, 3.8) is 0 Å². The lowest BCUT2D eigenvalue weighted by molar-refractivity contribution is 0.147. The average molecular weight is 247 g/mol. The van der Waals surface area contributed by atoms with Gasteiger partial charge in [0.25, 0.3) is 0 Å². The van der Waals surface area contributed by atoms with Gasteiger partial charge in [-0.25, -0.2) is 14.8 Å². The molecule has 0 aliphatic carbocycles. The second-order valence-electron chi connectivity index (χ2n) is 2.93. The Morgan fingerprint density at radius 2 is 2.38 bits per heavy atom. The molecule has 16 heavy (non-hydrogen) atoms. The summed E-state index contributed by atoms with van der Waals surface area (Å²) in [7, 11) is 1.43. The van der Waals surface area contributed by atoms with Gasteiger partial charge in [0.1, 0.15) is 12.9 Å². The van der Waals surface area contributed by atoms with Crippen LogP contribution in [-0.2, 0) is 0 Å². The van der Waals surface area contributed by atoms with Crippen molar-refractivity contribution in [2.24, 2.45) is 0 Å². The van der Waals surface area contributed by atoms with Gasteiger partial charge in [0, 0.05) is 7.05 Å². The fourth-order valence-electron chi connectivity index (χ4n) is 0.878. The Kier molecular flexibility index (Phi) is 4.12. The molecule has 1 heterocycles. The van der Waals surface area contributed by atoms with E-state index in [1.165, 1.54) is 13.4 Å². The molecule has 0 atom stereocenters. The van der Waals surface area contributed by atoms with Gasteiger partial charge in [-0.05, 0) is 0 Å². The summed E-state index contributed by atoms with van der Waals surface area (Å²) in [5.74, 6) is 0.293. The number of hydrogen-bond donors (Lipinski definition) is 2. The second kappa shape index (κ2) is 5.36. The maximum Gasteiger partial charge on any atom is 0.407 e. The number of halogens is 1. The van der Waals surface area contributed by atoms with E-state index < -0.39 is 6.09 Å². The summed E-state index contributed by atoms with van der Waals surface area (Å²) in [6, 6.07) is 0. The summed E-state index contributed by atoms with van der Waals surface area (Å²) in [5.41, 5.74) is 5.51. The van der Waals surface area contributed by atoms with E-state index >= 15 is 0 Å². The van der Waals surface area contributed by atoms with E-state index in [4.69, 9.17) is 27.2 Å². The Morgan fingerprint density at radius 1 is 1.69 bits per heavy atom. The fraction of sp³-hybridized carbons (Fsp3) is 0.375. The minimum absolute atomic E-state index is 0.102. The molecule has 1 aromatic heterocycles. The highest BCUT2D eigenvalue weighted by molar-refractivity contribution is 6.31. The molecule has 3 N–H and O–H groups in total. The first-order chi connectivity index (χ1) is 7.52. The smallest absolute Gasteiger partial charge is 0.407 e. The third-order valence-electron chi connectivity index (χ3n) is 1.79. The van der Waals surface area contributed by atoms with E-state index in [2.05, 4.69) is 9.97 Å².